The molecule has 2 aromatic carbocycles. The Morgan fingerprint density at radius 1 is 1.06 bits per heavy atom. The summed E-state index contributed by atoms with van der Waals surface area (Å²) in [5.74, 6) is 0.320. The van der Waals surface area contributed by atoms with Gasteiger partial charge in [-0.05, 0) is 42.3 Å². The number of nitrogens with one attached hydrogen (secondary N) is 2. The average Bonchev–Trinajstić information content (AvgIpc) is 3.19. The van der Waals surface area contributed by atoms with Crippen LogP contribution < -0.4 is 20.1 Å². The Hall–Kier alpha value is -3.46. The fraction of sp³-hybridized carbons (Fsp3) is 0.227. The molecular weight excluding hydrogens is 421 g/mol. The van der Waals surface area contributed by atoms with Crippen LogP contribution in [0.2, 0.25) is 0 Å². The Balaban J connectivity index is 1.62. The van der Waals surface area contributed by atoms with Crippen LogP contribution in [-0.2, 0) is 16.0 Å². The molecule has 0 unspecified atom stereocenters. The van der Waals surface area contributed by atoms with Gasteiger partial charge in [-0.15, -0.1) is 11.3 Å². The van der Waals surface area contributed by atoms with Gasteiger partial charge in [-0.1, -0.05) is 0 Å². The standard InChI is InChI=1S/C22H22FN3O4S/c1-13(27)24-15-5-6-18(19(23)10-15)20-12-31-22(25-20)26-21(28)7-4-14-8-16(29-2)11-17(9-14)30-3/h5-6,8-12H,4,7H2,1-3H3,(H,24,27)(H,25,26,28). The molecule has 0 atom stereocenters. The Morgan fingerprint density at radius 2 is 1.77 bits per heavy atom. The van der Waals surface area contributed by atoms with Crippen LogP contribution in [0.15, 0.2) is 41.8 Å². The van der Waals surface area contributed by atoms with Gasteiger partial charge < -0.3 is 20.1 Å². The Bertz CT molecular complexity index is 1080. The lowest BCUT2D eigenvalue weighted by atomic mass is 10.1. The molecule has 2 amide bonds. The van der Waals surface area contributed by atoms with Gasteiger partial charge in [0.15, 0.2) is 5.13 Å². The van der Waals surface area contributed by atoms with Gasteiger partial charge in [-0.25, -0.2) is 9.37 Å². The summed E-state index contributed by atoms with van der Waals surface area (Å²) in [4.78, 5) is 27.7. The molecule has 1 heterocycles. The van der Waals surface area contributed by atoms with E-state index in [2.05, 4.69) is 15.6 Å². The number of benzene rings is 2. The molecule has 0 spiro atoms. The lowest BCUT2D eigenvalue weighted by Gasteiger charge is -2.08. The van der Waals surface area contributed by atoms with Gasteiger partial charge in [-0.3, -0.25) is 9.59 Å². The first kappa shape index (κ1) is 22.2. The average molecular weight is 444 g/mol. The summed E-state index contributed by atoms with van der Waals surface area (Å²) >= 11 is 1.21. The first-order chi connectivity index (χ1) is 14.9. The highest BCUT2D eigenvalue weighted by molar-refractivity contribution is 7.14. The maximum Gasteiger partial charge on any atom is 0.226 e. The summed E-state index contributed by atoms with van der Waals surface area (Å²) in [7, 11) is 3.14. The SMILES string of the molecule is COc1cc(CCC(=O)Nc2nc(-c3ccc(NC(C)=O)cc3F)cs2)cc(OC)c1. The first-order valence-corrected chi connectivity index (χ1v) is 10.3. The van der Waals surface area contributed by atoms with E-state index in [-0.39, 0.29) is 23.8 Å². The van der Waals surface area contributed by atoms with Crippen LogP contribution in [0.25, 0.3) is 11.3 Å². The number of aryl methyl sites for hydroxylation is 1. The highest BCUT2D eigenvalue weighted by Gasteiger charge is 2.13. The van der Waals surface area contributed by atoms with Crippen molar-refractivity contribution in [1.82, 2.24) is 4.98 Å². The van der Waals surface area contributed by atoms with Crippen molar-refractivity contribution in [2.24, 2.45) is 0 Å². The van der Waals surface area contributed by atoms with Crippen molar-refractivity contribution in [1.29, 1.82) is 0 Å². The molecule has 0 aliphatic heterocycles. The minimum absolute atomic E-state index is 0.204. The second-order valence-corrected chi connectivity index (χ2v) is 7.54. The van der Waals surface area contributed by atoms with Crippen molar-refractivity contribution in [3.8, 4) is 22.8 Å². The molecule has 3 aromatic rings. The molecule has 9 heteroatoms. The minimum Gasteiger partial charge on any atom is -0.497 e. The van der Waals surface area contributed by atoms with Crippen molar-refractivity contribution in [2.75, 3.05) is 24.9 Å². The van der Waals surface area contributed by atoms with E-state index in [0.29, 0.717) is 34.4 Å². The van der Waals surface area contributed by atoms with E-state index in [4.69, 9.17) is 9.47 Å². The predicted octanol–water partition coefficient (Wildman–Crippen LogP) is 4.50. The quantitative estimate of drug-likeness (QED) is 0.535. The number of rotatable bonds is 8. The maximum atomic E-state index is 14.4. The molecule has 7 nitrogen and oxygen atoms in total. The van der Waals surface area contributed by atoms with E-state index >= 15 is 0 Å². The van der Waals surface area contributed by atoms with Gasteiger partial charge in [-0.2, -0.15) is 0 Å². The zero-order valence-corrected chi connectivity index (χ0v) is 18.1. The molecule has 0 bridgehead atoms. The van der Waals surface area contributed by atoms with Gasteiger partial charge in [0.1, 0.15) is 17.3 Å². The van der Waals surface area contributed by atoms with Crippen LogP contribution in [0.1, 0.15) is 18.9 Å². The van der Waals surface area contributed by atoms with E-state index < -0.39 is 5.82 Å². The molecule has 0 saturated carbocycles. The van der Waals surface area contributed by atoms with Crippen LogP contribution in [0.5, 0.6) is 11.5 Å². The third-order valence-electron chi connectivity index (χ3n) is 4.37. The molecule has 2 N–H and O–H groups in total. The Labute approximate surface area is 183 Å². The summed E-state index contributed by atoms with van der Waals surface area (Å²) in [5, 5.41) is 7.32. The molecule has 0 radical (unpaired) electrons. The third kappa shape index (κ3) is 6.02. The summed E-state index contributed by atoms with van der Waals surface area (Å²) < 4.78 is 24.9. The smallest absolute Gasteiger partial charge is 0.226 e. The molecule has 1 aromatic heterocycles. The van der Waals surface area contributed by atoms with Crippen molar-refractivity contribution in [3.05, 3.63) is 53.2 Å². The number of halogens is 1. The lowest BCUT2D eigenvalue weighted by molar-refractivity contribution is -0.116. The number of hydrogen-bond acceptors (Lipinski definition) is 6. The maximum absolute atomic E-state index is 14.4. The Kier molecular flexibility index (Phi) is 7.19. The second kappa shape index (κ2) is 10.0. The first-order valence-electron chi connectivity index (χ1n) is 9.42. The number of carbonyl (C=O) groups is 2. The number of ether oxygens (including phenoxy) is 2. The van der Waals surface area contributed by atoms with Crippen molar-refractivity contribution in [3.63, 3.8) is 0 Å². The fourth-order valence-corrected chi connectivity index (χ4v) is 3.64. The van der Waals surface area contributed by atoms with E-state index in [1.165, 1.54) is 30.4 Å². The summed E-state index contributed by atoms with van der Waals surface area (Å²) in [5.41, 5.74) is 1.97. The number of hydrogen-bond donors (Lipinski definition) is 2. The molecule has 162 valence electrons. The largest absolute Gasteiger partial charge is 0.497 e. The molecule has 0 aliphatic rings. The van der Waals surface area contributed by atoms with Crippen molar-refractivity contribution < 1.29 is 23.5 Å². The zero-order chi connectivity index (χ0) is 22.4. The topological polar surface area (TPSA) is 89.5 Å². The number of nitrogens with zero attached hydrogens (tertiary/aromatic N) is 1. The highest BCUT2D eigenvalue weighted by atomic mass is 32.1. The summed E-state index contributed by atoms with van der Waals surface area (Å²) in [6.07, 6.45) is 0.738. The molecule has 31 heavy (non-hydrogen) atoms. The molecular formula is C22H22FN3O4S. The minimum atomic E-state index is -0.513. The van der Waals surface area contributed by atoms with Crippen molar-refractivity contribution in [2.45, 2.75) is 19.8 Å². The molecule has 0 saturated heterocycles. The van der Waals surface area contributed by atoms with Gasteiger partial charge in [0, 0.05) is 36.0 Å². The van der Waals surface area contributed by atoms with Crippen LogP contribution in [0.4, 0.5) is 15.2 Å². The number of thiazole rings is 1. The number of methoxy groups -OCH3 is 2. The molecule has 0 fully saturated rings. The zero-order valence-electron chi connectivity index (χ0n) is 17.3. The van der Waals surface area contributed by atoms with E-state index in [0.717, 1.165) is 5.56 Å². The van der Waals surface area contributed by atoms with Crippen LogP contribution >= 0.6 is 11.3 Å². The van der Waals surface area contributed by atoms with Crippen LogP contribution in [0.3, 0.4) is 0 Å². The van der Waals surface area contributed by atoms with E-state index in [9.17, 15) is 14.0 Å². The number of carbonyl (C=O) groups excluding carboxylic acids is 2. The molecule has 0 aliphatic carbocycles. The number of amides is 2. The molecule has 3 rings (SSSR count). The van der Waals surface area contributed by atoms with Gasteiger partial charge in [0.25, 0.3) is 0 Å². The second-order valence-electron chi connectivity index (χ2n) is 6.68. The van der Waals surface area contributed by atoms with Gasteiger partial charge in [0.2, 0.25) is 11.8 Å². The van der Waals surface area contributed by atoms with Gasteiger partial charge >= 0.3 is 0 Å². The number of anilines is 2. The summed E-state index contributed by atoms with van der Waals surface area (Å²) in [6.45, 7) is 1.35. The predicted molar refractivity (Wildman–Crippen MR) is 118 cm³/mol. The Morgan fingerprint density at radius 3 is 2.39 bits per heavy atom. The highest BCUT2D eigenvalue weighted by Crippen LogP contribution is 2.29. The monoisotopic (exact) mass is 443 g/mol. The lowest BCUT2D eigenvalue weighted by Crippen LogP contribution is -2.12. The van der Waals surface area contributed by atoms with Gasteiger partial charge in [0.05, 0.1) is 19.9 Å². The number of aromatic nitrogens is 1. The van der Waals surface area contributed by atoms with E-state index in [1.807, 2.05) is 12.1 Å². The summed E-state index contributed by atoms with van der Waals surface area (Å²) in [6, 6.07) is 9.84. The third-order valence-corrected chi connectivity index (χ3v) is 5.13. The fourth-order valence-electron chi connectivity index (χ4n) is 2.91. The van der Waals surface area contributed by atoms with E-state index in [1.54, 1.807) is 31.7 Å². The normalized spacial score (nSPS) is 10.5. The van der Waals surface area contributed by atoms with Crippen molar-refractivity contribution >= 4 is 34.0 Å². The van der Waals surface area contributed by atoms with Crippen LogP contribution in [-0.4, -0.2) is 31.0 Å². The van der Waals surface area contributed by atoms with Crippen LogP contribution in [0, 0.1) is 5.82 Å².